The first-order valence-corrected chi connectivity index (χ1v) is 21.8. The minimum atomic E-state index is -3.56. The van der Waals surface area contributed by atoms with Gasteiger partial charge in [0, 0.05) is 12.6 Å². The van der Waals surface area contributed by atoms with Crippen molar-refractivity contribution in [3.63, 3.8) is 0 Å². The number of sulfone groups is 1. The molecule has 0 bridgehead atoms. The van der Waals surface area contributed by atoms with Crippen LogP contribution in [0.15, 0.2) is 0 Å². The molecule has 0 aromatic rings. The van der Waals surface area contributed by atoms with Crippen LogP contribution in [0.4, 0.5) is 4.79 Å². The van der Waals surface area contributed by atoms with Crippen molar-refractivity contribution in [3.8, 4) is 0 Å². The first kappa shape index (κ1) is 40.5. The topological polar surface area (TPSA) is 171 Å². The summed E-state index contributed by atoms with van der Waals surface area (Å²) < 4.78 is 25.9. The molecule has 5 rings (SSSR count). The average molecular weight is 748 g/mol. The van der Waals surface area contributed by atoms with Crippen molar-refractivity contribution in [2.75, 3.05) is 12.3 Å². The molecule has 0 aromatic heterocycles. The zero-order valence-corrected chi connectivity index (χ0v) is 33.3. The first-order valence-electron chi connectivity index (χ1n) is 20.1. The van der Waals surface area contributed by atoms with E-state index < -0.39 is 61.9 Å². The van der Waals surface area contributed by atoms with E-state index in [2.05, 4.69) is 35.1 Å². The van der Waals surface area contributed by atoms with Gasteiger partial charge in [-0.15, -0.1) is 0 Å². The predicted octanol–water partition coefficient (Wildman–Crippen LogP) is 4.55. The van der Waals surface area contributed by atoms with Gasteiger partial charge in [-0.3, -0.25) is 19.2 Å². The molecule has 4 N–H and O–H groups in total. The highest BCUT2D eigenvalue weighted by Crippen LogP contribution is 2.53. The van der Waals surface area contributed by atoms with Gasteiger partial charge < -0.3 is 26.2 Å². The zero-order chi connectivity index (χ0) is 38.1. The molecule has 4 saturated carbocycles. The number of fused-ring (bicyclic) bond motifs is 1. The number of carbonyl (C=O) groups excluding carboxylic acids is 5. The normalized spacial score (nSPS) is 27.2. The van der Waals surface area contributed by atoms with Crippen molar-refractivity contribution in [2.24, 2.45) is 23.2 Å². The molecular formula is C39H65N5O7S. The summed E-state index contributed by atoms with van der Waals surface area (Å²) in [5, 5.41) is 11.8. The Kier molecular flexibility index (Phi) is 12.4. The van der Waals surface area contributed by atoms with Gasteiger partial charge in [0.1, 0.15) is 12.1 Å². The summed E-state index contributed by atoms with van der Waals surface area (Å²) in [6.45, 7) is 11.6. The first-order chi connectivity index (χ1) is 24.4. The summed E-state index contributed by atoms with van der Waals surface area (Å²) in [6.07, 6.45) is 12.3. The molecule has 0 radical (unpaired) electrons. The van der Waals surface area contributed by atoms with E-state index in [1.165, 1.54) is 0 Å². The SMILES string of the molecule is CCCC(NC(=O)[C@@H]1[C@H]2CCC(C)(C)[C@H]2CN1C(=O)[C@@H](NC(=O)NC1(CS(=O)(=O)C(C)(C)C)CCCCC1)C1CCCCC1)C(=O)C(=O)NC1CC1. The minimum Gasteiger partial charge on any atom is -0.347 e. The number of hydrogen-bond acceptors (Lipinski definition) is 7. The molecule has 0 spiro atoms. The Hall–Kier alpha value is -2.70. The monoisotopic (exact) mass is 747 g/mol. The molecule has 5 atom stereocenters. The second kappa shape index (κ2) is 16.0. The maximum atomic E-state index is 14.9. The average Bonchev–Trinajstić information content (AvgIpc) is 3.72. The Morgan fingerprint density at radius 3 is 2.08 bits per heavy atom. The van der Waals surface area contributed by atoms with Gasteiger partial charge in [0.25, 0.3) is 5.91 Å². The van der Waals surface area contributed by atoms with E-state index >= 15 is 0 Å². The van der Waals surface area contributed by atoms with Crippen LogP contribution in [0, 0.1) is 23.2 Å². The van der Waals surface area contributed by atoms with Crippen molar-refractivity contribution in [2.45, 2.75) is 179 Å². The number of amides is 5. The summed E-state index contributed by atoms with van der Waals surface area (Å²) in [5.74, 6) is -2.44. The van der Waals surface area contributed by atoms with Crippen LogP contribution >= 0.6 is 0 Å². The van der Waals surface area contributed by atoms with E-state index in [1.807, 2.05) is 6.92 Å². The van der Waals surface area contributed by atoms with Crippen LogP contribution in [0.25, 0.3) is 0 Å². The van der Waals surface area contributed by atoms with Crippen molar-refractivity contribution in [3.05, 3.63) is 0 Å². The molecule has 4 aliphatic carbocycles. The second-order valence-electron chi connectivity index (χ2n) is 18.4. The lowest BCUT2D eigenvalue weighted by Gasteiger charge is -2.41. The molecule has 5 fully saturated rings. The third-order valence-electron chi connectivity index (χ3n) is 12.9. The lowest BCUT2D eigenvalue weighted by Crippen LogP contribution is -2.63. The van der Waals surface area contributed by atoms with E-state index in [4.69, 9.17) is 0 Å². The summed E-state index contributed by atoms with van der Waals surface area (Å²) in [6, 6.07) is -3.26. The zero-order valence-electron chi connectivity index (χ0n) is 32.5. The Morgan fingerprint density at radius 2 is 1.48 bits per heavy atom. The van der Waals surface area contributed by atoms with Gasteiger partial charge in [0.15, 0.2) is 9.84 Å². The highest BCUT2D eigenvalue weighted by molar-refractivity contribution is 7.92. The summed E-state index contributed by atoms with van der Waals surface area (Å²) in [4.78, 5) is 71.0. The lowest BCUT2D eigenvalue weighted by molar-refractivity contribution is -0.144. The molecular weight excluding hydrogens is 683 g/mol. The molecule has 1 heterocycles. The Bertz CT molecular complexity index is 1460. The fraction of sp³-hybridized carbons (Fsp3) is 0.872. The van der Waals surface area contributed by atoms with Gasteiger partial charge >= 0.3 is 6.03 Å². The van der Waals surface area contributed by atoms with Crippen molar-refractivity contribution >= 4 is 39.4 Å². The standard InChI is InChI=1S/C39H65N5O7S/c1-7-14-29(32(45)34(47)40-26-17-18-26)41-33(46)31-27-19-22-38(5,6)28(27)23-44(31)35(48)30(25-15-10-8-11-16-25)42-36(49)43-39(20-12-9-13-21-39)24-52(50,51)37(2,3)4/h25-31H,7-24H2,1-6H3,(H,40,47)(H,41,46)(H2,42,43,49)/t27-,28-,29?,30-,31-/m0/s1. The maximum Gasteiger partial charge on any atom is 0.315 e. The van der Waals surface area contributed by atoms with Crippen LogP contribution in [-0.4, -0.2) is 89.6 Å². The smallest absolute Gasteiger partial charge is 0.315 e. The quantitative estimate of drug-likeness (QED) is 0.200. The predicted molar refractivity (Wildman–Crippen MR) is 200 cm³/mol. The largest absolute Gasteiger partial charge is 0.347 e. The summed E-state index contributed by atoms with van der Waals surface area (Å²) in [7, 11) is -3.56. The fourth-order valence-electron chi connectivity index (χ4n) is 9.40. The van der Waals surface area contributed by atoms with E-state index in [1.54, 1.807) is 25.7 Å². The number of ketones is 1. The number of nitrogens with one attached hydrogen (secondary N) is 4. The molecule has 5 amide bonds. The summed E-state index contributed by atoms with van der Waals surface area (Å²) in [5.41, 5.74) is -1.05. The van der Waals surface area contributed by atoms with Gasteiger partial charge in [-0.25, -0.2) is 13.2 Å². The second-order valence-corrected chi connectivity index (χ2v) is 21.1. The van der Waals surface area contributed by atoms with Crippen LogP contribution in [0.5, 0.6) is 0 Å². The number of carbonyl (C=O) groups is 5. The number of likely N-dealkylation sites (tertiary alicyclic amines) is 1. The Labute approximate surface area is 311 Å². The number of hydrogen-bond donors (Lipinski definition) is 4. The van der Waals surface area contributed by atoms with E-state index in [9.17, 15) is 32.4 Å². The lowest BCUT2D eigenvalue weighted by atomic mass is 9.79. The Morgan fingerprint density at radius 1 is 0.846 bits per heavy atom. The molecule has 12 nitrogen and oxygen atoms in total. The maximum absolute atomic E-state index is 14.9. The van der Waals surface area contributed by atoms with Gasteiger partial charge in [0.05, 0.1) is 22.1 Å². The van der Waals surface area contributed by atoms with E-state index in [0.29, 0.717) is 32.2 Å². The van der Waals surface area contributed by atoms with Crippen LogP contribution < -0.4 is 21.3 Å². The third kappa shape index (κ3) is 9.14. The number of urea groups is 1. The Balaban J connectivity index is 1.40. The molecule has 52 heavy (non-hydrogen) atoms. The molecule has 1 unspecified atom stereocenters. The van der Waals surface area contributed by atoms with Crippen LogP contribution in [0.2, 0.25) is 0 Å². The molecule has 5 aliphatic rings. The van der Waals surface area contributed by atoms with Crippen molar-refractivity contribution in [1.82, 2.24) is 26.2 Å². The van der Waals surface area contributed by atoms with Gasteiger partial charge in [-0.05, 0) is 102 Å². The van der Waals surface area contributed by atoms with Crippen LogP contribution in [-0.2, 0) is 29.0 Å². The van der Waals surface area contributed by atoms with E-state index in [0.717, 1.165) is 77.0 Å². The number of Topliss-reactive ketones (excluding diaryl/α,β-unsaturated/α-hetero) is 1. The van der Waals surface area contributed by atoms with Gasteiger partial charge in [-0.1, -0.05) is 65.7 Å². The molecule has 294 valence electrons. The van der Waals surface area contributed by atoms with Crippen LogP contribution in [0.3, 0.4) is 0 Å². The highest BCUT2D eigenvalue weighted by atomic mass is 32.2. The van der Waals surface area contributed by atoms with Crippen molar-refractivity contribution < 1.29 is 32.4 Å². The molecule has 0 aromatic carbocycles. The minimum absolute atomic E-state index is 0.0103. The van der Waals surface area contributed by atoms with Gasteiger partial charge in [-0.2, -0.15) is 0 Å². The number of nitrogens with zero attached hydrogens (tertiary/aromatic N) is 1. The number of rotatable bonds is 13. The van der Waals surface area contributed by atoms with Gasteiger partial charge in [0.2, 0.25) is 17.6 Å². The molecule has 1 aliphatic heterocycles. The molecule has 1 saturated heterocycles. The molecule has 13 heteroatoms. The van der Waals surface area contributed by atoms with E-state index in [-0.39, 0.29) is 40.9 Å². The summed E-state index contributed by atoms with van der Waals surface area (Å²) >= 11 is 0. The highest BCUT2D eigenvalue weighted by Gasteiger charge is 2.57. The fourth-order valence-corrected chi connectivity index (χ4v) is 10.9. The third-order valence-corrected chi connectivity index (χ3v) is 15.7. The van der Waals surface area contributed by atoms with Crippen molar-refractivity contribution in [1.29, 1.82) is 0 Å². The van der Waals surface area contributed by atoms with Crippen LogP contribution in [0.1, 0.15) is 144 Å².